The first-order chi connectivity index (χ1) is 17.1. The van der Waals surface area contributed by atoms with Gasteiger partial charge in [0.2, 0.25) is 6.79 Å². The van der Waals surface area contributed by atoms with Crippen LogP contribution >= 0.6 is 0 Å². The number of esters is 2. The molecule has 0 radical (unpaired) electrons. The van der Waals surface area contributed by atoms with Gasteiger partial charge in [-0.15, -0.1) is 0 Å². The van der Waals surface area contributed by atoms with E-state index in [4.69, 9.17) is 9.47 Å². The molecule has 4 nitrogen and oxygen atoms in total. The molecular formula is C31H60O4. The summed E-state index contributed by atoms with van der Waals surface area (Å²) in [6.45, 7) is 5.54. The van der Waals surface area contributed by atoms with Crippen molar-refractivity contribution in [2.24, 2.45) is 5.92 Å². The van der Waals surface area contributed by atoms with Crippen LogP contribution in [0.3, 0.4) is 0 Å². The minimum absolute atomic E-state index is 0.197. The molecule has 0 aliphatic carbocycles. The zero-order valence-electron chi connectivity index (χ0n) is 23.9. The van der Waals surface area contributed by atoms with Gasteiger partial charge < -0.3 is 9.47 Å². The maximum absolute atomic E-state index is 11.6. The minimum Gasteiger partial charge on any atom is -0.428 e. The number of ether oxygens (including phenoxy) is 2. The van der Waals surface area contributed by atoms with Crippen LogP contribution in [0.2, 0.25) is 0 Å². The van der Waals surface area contributed by atoms with E-state index in [0.717, 1.165) is 12.8 Å². The highest BCUT2D eigenvalue weighted by atomic mass is 16.7. The van der Waals surface area contributed by atoms with Gasteiger partial charge in [0, 0.05) is 6.42 Å². The van der Waals surface area contributed by atoms with Crippen LogP contribution in [-0.2, 0) is 19.1 Å². The maximum atomic E-state index is 11.6. The van der Waals surface area contributed by atoms with E-state index in [1.807, 2.05) is 0 Å². The first-order valence-corrected chi connectivity index (χ1v) is 15.4. The van der Waals surface area contributed by atoms with Crippen molar-refractivity contribution < 1.29 is 19.1 Å². The highest BCUT2D eigenvalue weighted by Crippen LogP contribution is 2.15. The number of hydrogen-bond acceptors (Lipinski definition) is 4. The average molecular weight is 497 g/mol. The summed E-state index contributed by atoms with van der Waals surface area (Å²) in [7, 11) is 0. The number of hydrogen-bond donors (Lipinski definition) is 0. The fourth-order valence-corrected chi connectivity index (χ4v) is 4.45. The first kappa shape index (κ1) is 33.9. The normalized spacial score (nSPS) is 11.2. The van der Waals surface area contributed by atoms with E-state index in [1.54, 1.807) is 13.8 Å². The lowest BCUT2D eigenvalue weighted by Gasteiger charge is -2.08. The van der Waals surface area contributed by atoms with Gasteiger partial charge in [0.1, 0.15) is 0 Å². The van der Waals surface area contributed by atoms with Gasteiger partial charge in [0.05, 0.1) is 5.92 Å². The molecule has 0 spiro atoms. The molecule has 208 valence electrons. The van der Waals surface area contributed by atoms with E-state index in [2.05, 4.69) is 6.92 Å². The third-order valence-corrected chi connectivity index (χ3v) is 6.88. The van der Waals surface area contributed by atoms with E-state index < -0.39 is 0 Å². The fraction of sp³-hybridized carbons (Fsp3) is 0.935. The Labute approximate surface area is 218 Å². The number of rotatable bonds is 27. The Morgan fingerprint density at radius 2 is 0.800 bits per heavy atom. The molecule has 0 heterocycles. The van der Waals surface area contributed by atoms with Crippen molar-refractivity contribution in [1.29, 1.82) is 0 Å². The van der Waals surface area contributed by atoms with Gasteiger partial charge in [-0.2, -0.15) is 0 Å². The zero-order valence-corrected chi connectivity index (χ0v) is 23.9. The molecule has 35 heavy (non-hydrogen) atoms. The van der Waals surface area contributed by atoms with Crippen molar-refractivity contribution in [3.8, 4) is 0 Å². The second-order valence-corrected chi connectivity index (χ2v) is 10.8. The molecule has 0 rings (SSSR count). The molecule has 0 atom stereocenters. The predicted octanol–water partition coefficient (Wildman–Crippen LogP) is 10.1. The Hall–Kier alpha value is -1.06. The summed E-state index contributed by atoms with van der Waals surface area (Å²) in [6, 6.07) is 0. The van der Waals surface area contributed by atoms with Gasteiger partial charge >= 0.3 is 11.9 Å². The Kier molecular flexibility index (Phi) is 26.7. The van der Waals surface area contributed by atoms with Crippen molar-refractivity contribution in [1.82, 2.24) is 0 Å². The average Bonchev–Trinajstić information content (AvgIpc) is 2.84. The highest BCUT2D eigenvalue weighted by Gasteiger charge is 2.09. The van der Waals surface area contributed by atoms with Gasteiger partial charge in [-0.05, 0) is 6.42 Å². The van der Waals surface area contributed by atoms with Crippen LogP contribution in [-0.4, -0.2) is 18.7 Å². The Balaban J connectivity index is 3.14. The molecule has 0 aliphatic rings. The van der Waals surface area contributed by atoms with Crippen molar-refractivity contribution in [3.05, 3.63) is 0 Å². The lowest BCUT2D eigenvalue weighted by Crippen LogP contribution is -2.16. The molecule has 0 amide bonds. The zero-order chi connectivity index (χ0) is 25.8. The van der Waals surface area contributed by atoms with Crippen LogP contribution in [0.5, 0.6) is 0 Å². The van der Waals surface area contributed by atoms with Gasteiger partial charge in [0.15, 0.2) is 0 Å². The maximum Gasteiger partial charge on any atom is 0.311 e. The largest absolute Gasteiger partial charge is 0.428 e. The summed E-state index contributed by atoms with van der Waals surface area (Å²) in [6.07, 6.45) is 31.8. The third kappa shape index (κ3) is 27.4. The molecule has 0 unspecified atom stereocenters. The highest BCUT2D eigenvalue weighted by molar-refractivity contribution is 5.72. The second kappa shape index (κ2) is 27.5. The Bertz CT molecular complexity index is 461. The molecule has 0 saturated heterocycles. The fourth-order valence-electron chi connectivity index (χ4n) is 4.45. The van der Waals surface area contributed by atoms with Crippen LogP contribution in [0.1, 0.15) is 175 Å². The topological polar surface area (TPSA) is 52.6 Å². The monoisotopic (exact) mass is 496 g/mol. The predicted molar refractivity (Wildman–Crippen MR) is 148 cm³/mol. The van der Waals surface area contributed by atoms with E-state index in [1.165, 1.54) is 135 Å². The lowest BCUT2D eigenvalue weighted by molar-refractivity contribution is -0.169. The molecule has 4 heteroatoms. The summed E-state index contributed by atoms with van der Waals surface area (Å²) >= 11 is 0. The molecule has 0 saturated carbocycles. The molecule has 0 fully saturated rings. The summed E-state index contributed by atoms with van der Waals surface area (Å²) in [5, 5.41) is 0. The quantitative estimate of drug-likeness (QED) is 0.0644. The van der Waals surface area contributed by atoms with E-state index in [-0.39, 0.29) is 24.6 Å². The molecule has 0 aromatic rings. The van der Waals surface area contributed by atoms with Crippen LogP contribution < -0.4 is 0 Å². The third-order valence-electron chi connectivity index (χ3n) is 6.88. The van der Waals surface area contributed by atoms with Crippen molar-refractivity contribution in [2.45, 2.75) is 175 Å². The SMILES string of the molecule is CCCCCCCCCCCCCCCCCCCCCCCCCC(=O)OCOC(=O)C(C)C. The minimum atomic E-state index is -0.336. The Morgan fingerprint density at radius 3 is 1.11 bits per heavy atom. The summed E-state index contributed by atoms with van der Waals surface area (Å²) in [5.74, 6) is -0.805. The van der Waals surface area contributed by atoms with Crippen molar-refractivity contribution in [3.63, 3.8) is 0 Å². The van der Waals surface area contributed by atoms with Crippen LogP contribution in [0.25, 0.3) is 0 Å². The molecule has 0 aliphatic heterocycles. The van der Waals surface area contributed by atoms with E-state index in [9.17, 15) is 9.59 Å². The summed E-state index contributed by atoms with van der Waals surface area (Å²) in [4.78, 5) is 22.9. The standard InChI is InChI=1S/C31H60O4/c1-4-5-6-7-8-9-10-11-12-13-14-15-16-17-18-19-20-21-22-23-24-25-26-27-30(32)34-28-35-31(33)29(2)3/h29H,4-28H2,1-3H3. The molecule has 0 bridgehead atoms. The molecule has 0 N–H and O–H groups in total. The van der Waals surface area contributed by atoms with Gasteiger partial charge in [-0.25, -0.2) is 0 Å². The molecular weight excluding hydrogens is 436 g/mol. The lowest BCUT2D eigenvalue weighted by atomic mass is 10.0. The number of carbonyl (C=O) groups is 2. The van der Waals surface area contributed by atoms with Gasteiger partial charge in [-0.1, -0.05) is 162 Å². The molecule has 0 aromatic heterocycles. The van der Waals surface area contributed by atoms with Crippen molar-refractivity contribution >= 4 is 11.9 Å². The van der Waals surface area contributed by atoms with E-state index in [0.29, 0.717) is 6.42 Å². The summed E-state index contributed by atoms with van der Waals surface area (Å²) in [5.41, 5.74) is 0. The van der Waals surface area contributed by atoms with E-state index >= 15 is 0 Å². The molecule has 0 aromatic carbocycles. The van der Waals surface area contributed by atoms with Crippen molar-refractivity contribution in [2.75, 3.05) is 6.79 Å². The van der Waals surface area contributed by atoms with Crippen LogP contribution in [0.4, 0.5) is 0 Å². The number of unbranched alkanes of at least 4 members (excludes halogenated alkanes) is 22. The smallest absolute Gasteiger partial charge is 0.311 e. The first-order valence-electron chi connectivity index (χ1n) is 15.4. The van der Waals surface area contributed by atoms with Crippen LogP contribution in [0, 0.1) is 5.92 Å². The van der Waals surface area contributed by atoms with Gasteiger partial charge in [0.25, 0.3) is 0 Å². The number of carbonyl (C=O) groups excluding carboxylic acids is 2. The second-order valence-electron chi connectivity index (χ2n) is 10.8. The Morgan fingerprint density at radius 1 is 0.486 bits per heavy atom. The van der Waals surface area contributed by atoms with Gasteiger partial charge in [-0.3, -0.25) is 9.59 Å². The van der Waals surface area contributed by atoms with Crippen LogP contribution in [0.15, 0.2) is 0 Å². The summed E-state index contributed by atoms with van der Waals surface area (Å²) < 4.78 is 9.78.